The molecule has 0 saturated heterocycles. The molecule has 1 aliphatic carbocycles. The molecule has 1 heterocycles. The van der Waals surface area contributed by atoms with Gasteiger partial charge in [-0.05, 0) is 6.07 Å². The summed E-state index contributed by atoms with van der Waals surface area (Å²) in [5.74, 6) is -3.50. The normalized spacial score (nSPS) is 24.4. The second-order valence-electron chi connectivity index (χ2n) is 3.26. The molecule has 2 rings (SSSR count). The van der Waals surface area contributed by atoms with E-state index in [9.17, 15) is 13.6 Å². The molecule has 0 bridgehead atoms. The second-order valence-corrected chi connectivity index (χ2v) is 3.26. The van der Waals surface area contributed by atoms with Crippen molar-refractivity contribution in [2.45, 2.75) is 18.3 Å². The van der Waals surface area contributed by atoms with Crippen LogP contribution in [-0.2, 0) is 7.05 Å². The number of aryl methyl sites for hydroxylation is 1. The second kappa shape index (κ2) is 2.37. The topological polar surface area (TPSA) is 34.9 Å². The quantitative estimate of drug-likeness (QED) is 0.653. The molecule has 0 aliphatic heterocycles. The Morgan fingerprint density at radius 1 is 1.69 bits per heavy atom. The Balaban J connectivity index is 2.35. The van der Waals surface area contributed by atoms with Gasteiger partial charge in [0, 0.05) is 19.7 Å². The molecule has 1 aliphatic rings. The summed E-state index contributed by atoms with van der Waals surface area (Å²) in [7, 11) is 1.53. The van der Waals surface area contributed by atoms with Crippen LogP contribution in [0.1, 0.15) is 18.0 Å². The summed E-state index contributed by atoms with van der Waals surface area (Å²) in [6, 6.07) is 1.47. The van der Waals surface area contributed by atoms with Crippen LogP contribution >= 0.6 is 0 Å². The maximum Gasteiger partial charge on any atom is 0.347 e. The number of aromatic nitrogens is 2. The first kappa shape index (κ1) is 8.34. The standard InChI is InChI=1S/C8H8F2N2O/c1-12-3-2-6(11-7(12)13)5-4-8(5,9)10/h2-3,5H,4H2,1H3. The molecule has 0 aromatic carbocycles. The third kappa shape index (κ3) is 1.34. The van der Waals surface area contributed by atoms with E-state index in [1.165, 1.54) is 23.9 Å². The van der Waals surface area contributed by atoms with Crippen LogP contribution in [0.5, 0.6) is 0 Å². The Kier molecular flexibility index (Phi) is 1.52. The van der Waals surface area contributed by atoms with Gasteiger partial charge in [-0.15, -0.1) is 0 Å². The highest BCUT2D eigenvalue weighted by molar-refractivity contribution is 5.20. The van der Waals surface area contributed by atoms with Crippen molar-refractivity contribution in [3.8, 4) is 0 Å². The molecular formula is C8H8F2N2O. The van der Waals surface area contributed by atoms with Crippen LogP contribution < -0.4 is 5.69 Å². The van der Waals surface area contributed by atoms with Gasteiger partial charge in [-0.1, -0.05) is 0 Å². The molecular weight excluding hydrogens is 178 g/mol. The Labute approximate surface area is 73.0 Å². The van der Waals surface area contributed by atoms with Crippen molar-refractivity contribution in [1.82, 2.24) is 9.55 Å². The minimum absolute atomic E-state index is 0.187. The lowest BCUT2D eigenvalue weighted by atomic mass is 10.3. The van der Waals surface area contributed by atoms with Gasteiger partial charge >= 0.3 is 5.69 Å². The molecule has 13 heavy (non-hydrogen) atoms. The number of nitrogens with zero attached hydrogens (tertiary/aromatic N) is 2. The van der Waals surface area contributed by atoms with Crippen LogP contribution in [0.15, 0.2) is 17.1 Å². The predicted octanol–water partition coefficient (Wildman–Crippen LogP) is 0.903. The van der Waals surface area contributed by atoms with Gasteiger partial charge in [-0.3, -0.25) is 0 Å². The summed E-state index contributed by atoms with van der Waals surface area (Å²) in [6.07, 6.45) is 1.27. The highest BCUT2D eigenvalue weighted by Gasteiger charge is 2.58. The number of hydrogen-bond donors (Lipinski definition) is 0. The summed E-state index contributed by atoms with van der Waals surface area (Å²) >= 11 is 0. The molecule has 0 N–H and O–H groups in total. The molecule has 70 valence electrons. The first-order chi connectivity index (χ1) is 6.00. The van der Waals surface area contributed by atoms with Gasteiger partial charge in [0.05, 0.1) is 11.6 Å². The van der Waals surface area contributed by atoms with Gasteiger partial charge < -0.3 is 4.57 Å². The number of hydrogen-bond acceptors (Lipinski definition) is 2. The smallest absolute Gasteiger partial charge is 0.302 e. The Morgan fingerprint density at radius 3 is 2.77 bits per heavy atom. The van der Waals surface area contributed by atoms with Crippen LogP contribution in [0.2, 0.25) is 0 Å². The van der Waals surface area contributed by atoms with E-state index in [1.54, 1.807) is 0 Å². The zero-order valence-electron chi connectivity index (χ0n) is 7.00. The van der Waals surface area contributed by atoms with Crippen molar-refractivity contribution >= 4 is 0 Å². The largest absolute Gasteiger partial charge is 0.347 e. The Bertz CT molecular complexity index is 399. The van der Waals surface area contributed by atoms with E-state index in [4.69, 9.17) is 0 Å². The number of halogens is 2. The van der Waals surface area contributed by atoms with Crippen LogP contribution in [0.25, 0.3) is 0 Å². The lowest BCUT2D eigenvalue weighted by Gasteiger charge is -1.99. The lowest BCUT2D eigenvalue weighted by molar-refractivity contribution is 0.111. The molecule has 0 spiro atoms. The van der Waals surface area contributed by atoms with Crippen molar-refractivity contribution in [2.24, 2.45) is 7.05 Å². The monoisotopic (exact) mass is 186 g/mol. The Hall–Kier alpha value is -1.26. The van der Waals surface area contributed by atoms with E-state index in [0.717, 1.165) is 0 Å². The van der Waals surface area contributed by atoms with E-state index < -0.39 is 17.5 Å². The van der Waals surface area contributed by atoms with Crippen molar-refractivity contribution in [3.05, 3.63) is 28.4 Å². The first-order valence-electron chi connectivity index (χ1n) is 3.92. The van der Waals surface area contributed by atoms with Gasteiger partial charge in [0.2, 0.25) is 0 Å². The molecule has 0 amide bonds. The molecule has 1 aromatic heterocycles. The molecule has 0 radical (unpaired) electrons. The molecule has 1 fully saturated rings. The van der Waals surface area contributed by atoms with Crippen LogP contribution in [0.4, 0.5) is 8.78 Å². The fourth-order valence-corrected chi connectivity index (χ4v) is 1.21. The summed E-state index contributed by atoms with van der Waals surface area (Å²) in [6.45, 7) is 0. The molecule has 3 nitrogen and oxygen atoms in total. The number of rotatable bonds is 1. The van der Waals surface area contributed by atoms with E-state index >= 15 is 0 Å². The third-order valence-electron chi connectivity index (χ3n) is 2.18. The molecule has 5 heteroatoms. The zero-order valence-corrected chi connectivity index (χ0v) is 7.00. The molecule has 1 atom stereocenters. The van der Waals surface area contributed by atoms with E-state index in [0.29, 0.717) is 0 Å². The maximum absolute atomic E-state index is 12.6. The average molecular weight is 186 g/mol. The van der Waals surface area contributed by atoms with E-state index in [2.05, 4.69) is 4.98 Å². The van der Waals surface area contributed by atoms with Crippen molar-refractivity contribution in [1.29, 1.82) is 0 Å². The van der Waals surface area contributed by atoms with E-state index in [-0.39, 0.29) is 12.1 Å². The number of alkyl halides is 2. The fourth-order valence-electron chi connectivity index (χ4n) is 1.21. The molecule has 1 saturated carbocycles. The van der Waals surface area contributed by atoms with E-state index in [1.807, 2.05) is 0 Å². The summed E-state index contributed by atoms with van der Waals surface area (Å²) in [5, 5.41) is 0. The average Bonchev–Trinajstić information content (AvgIpc) is 2.66. The zero-order chi connectivity index (χ0) is 9.64. The summed E-state index contributed by atoms with van der Waals surface area (Å²) < 4.78 is 26.4. The van der Waals surface area contributed by atoms with Gasteiger partial charge in [-0.25, -0.2) is 13.6 Å². The van der Waals surface area contributed by atoms with Crippen molar-refractivity contribution in [2.75, 3.05) is 0 Å². The Morgan fingerprint density at radius 2 is 2.31 bits per heavy atom. The van der Waals surface area contributed by atoms with Gasteiger partial charge in [0.25, 0.3) is 5.92 Å². The highest BCUT2D eigenvalue weighted by atomic mass is 19.3. The highest BCUT2D eigenvalue weighted by Crippen LogP contribution is 2.54. The maximum atomic E-state index is 12.6. The summed E-state index contributed by atoms with van der Waals surface area (Å²) in [5.41, 5.74) is -0.284. The SMILES string of the molecule is Cn1ccc(C2CC2(F)F)nc1=O. The minimum Gasteiger partial charge on any atom is -0.302 e. The van der Waals surface area contributed by atoms with Gasteiger partial charge in [0.15, 0.2) is 0 Å². The van der Waals surface area contributed by atoms with Crippen molar-refractivity contribution in [3.63, 3.8) is 0 Å². The third-order valence-corrected chi connectivity index (χ3v) is 2.18. The summed E-state index contributed by atoms with van der Waals surface area (Å²) in [4.78, 5) is 14.5. The predicted molar refractivity (Wildman–Crippen MR) is 41.8 cm³/mol. The van der Waals surface area contributed by atoms with Gasteiger partial charge in [0.1, 0.15) is 0 Å². The van der Waals surface area contributed by atoms with Crippen LogP contribution in [-0.4, -0.2) is 15.5 Å². The fraction of sp³-hybridized carbons (Fsp3) is 0.500. The lowest BCUT2D eigenvalue weighted by Crippen LogP contribution is -2.20. The van der Waals surface area contributed by atoms with Crippen LogP contribution in [0, 0.1) is 0 Å². The minimum atomic E-state index is -2.65. The van der Waals surface area contributed by atoms with Crippen LogP contribution in [0.3, 0.4) is 0 Å². The first-order valence-corrected chi connectivity index (χ1v) is 3.92. The molecule has 1 aromatic rings. The van der Waals surface area contributed by atoms with Gasteiger partial charge in [-0.2, -0.15) is 4.98 Å². The van der Waals surface area contributed by atoms with Crippen molar-refractivity contribution < 1.29 is 8.78 Å². The molecule has 1 unspecified atom stereocenters.